The van der Waals surface area contributed by atoms with Crippen molar-refractivity contribution in [2.75, 3.05) is 25.1 Å². The maximum absolute atomic E-state index is 10.6. The first kappa shape index (κ1) is 12.9. The summed E-state index contributed by atoms with van der Waals surface area (Å²) in [5, 5.41) is 8.13. The van der Waals surface area contributed by atoms with Crippen LogP contribution in [-0.2, 0) is 4.79 Å². The van der Waals surface area contributed by atoms with Gasteiger partial charge in [0.25, 0.3) is 0 Å². The number of H-pyrrole nitrogens is 1. The highest BCUT2D eigenvalue weighted by Crippen LogP contribution is 2.23. The van der Waals surface area contributed by atoms with Gasteiger partial charge in [0, 0.05) is 32.4 Å². The lowest BCUT2D eigenvalue weighted by molar-refractivity contribution is -0.110. The molecule has 1 atom stereocenters. The summed E-state index contributed by atoms with van der Waals surface area (Å²) in [5.74, 6) is 0.878. The molecule has 0 saturated carbocycles. The van der Waals surface area contributed by atoms with Crippen molar-refractivity contribution in [2.45, 2.75) is 18.9 Å². The number of hydrogen-bond acceptors (Lipinski definition) is 5. The van der Waals surface area contributed by atoms with Gasteiger partial charge in [0.15, 0.2) is 5.82 Å². The SMILES string of the molecule is CN(c1ncnc2[nH]ccc12)N1CCCC(NC=O)C1. The summed E-state index contributed by atoms with van der Waals surface area (Å²) < 4.78 is 0. The Morgan fingerprint density at radius 1 is 1.55 bits per heavy atom. The van der Waals surface area contributed by atoms with Gasteiger partial charge in [0.2, 0.25) is 6.41 Å². The van der Waals surface area contributed by atoms with E-state index in [4.69, 9.17) is 0 Å². The minimum atomic E-state index is 0.201. The Kier molecular flexibility index (Phi) is 3.51. The Labute approximate surface area is 117 Å². The lowest BCUT2D eigenvalue weighted by Crippen LogP contribution is -2.52. The summed E-state index contributed by atoms with van der Waals surface area (Å²) in [5.41, 5.74) is 0.835. The summed E-state index contributed by atoms with van der Waals surface area (Å²) in [4.78, 5) is 22.3. The highest BCUT2D eigenvalue weighted by Gasteiger charge is 2.24. The van der Waals surface area contributed by atoms with Crippen LogP contribution in [0, 0.1) is 0 Å². The van der Waals surface area contributed by atoms with Crippen LogP contribution in [0.25, 0.3) is 11.0 Å². The van der Waals surface area contributed by atoms with E-state index in [9.17, 15) is 4.79 Å². The summed E-state index contributed by atoms with van der Waals surface area (Å²) in [7, 11) is 2.00. The van der Waals surface area contributed by atoms with Crippen molar-refractivity contribution >= 4 is 23.3 Å². The minimum absolute atomic E-state index is 0.201. The van der Waals surface area contributed by atoms with Crippen molar-refractivity contribution in [1.29, 1.82) is 0 Å². The van der Waals surface area contributed by atoms with E-state index >= 15 is 0 Å². The van der Waals surface area contributed by atoms with Crippen molar-refractivity contribution in [1.82, 2.24) is 25.3 Å². The van der Waals surface area contributed by atoms with Crippen molar-refractivity contribution in [3.05, 3.63) is 18.6 Å². The van der Waals surface area contributed by atoms with E-state index in [1.54, 1.807) is 6.33 Å². The Hall–Kier alpha value is -2.15. The molecule has 2 aromatic heterocycles. The number of aromatic nitrogens is 3. The van der Waals surface area contributed by atoms with Crippen LogP contribution in [0.1, 0.15) is 12.8 Å². The van der Waals surface area contributed by atoms with Crippen LogP contribution < -0.4 is 10.3 Å². The standard InChI is InChI=1S/C13H18N6O/c1-18(19-6-2-3-10(7-19)17-9-20)13-11-4-5-14-12(11)15-8-16-13/h4-5,8-10H,2-3,6-7H2,1H3,(H,17,20)(H,14,15,16). The van der Waals surface area contributed by atoms with Gasteiger partial charge in [-0.05, 0) is 18.9 Å². The van der Waals surface area contributed by atoms with Crippen LogP contribution in [0.4, 0.5) is 5.82 Å². The van der Waals surface area contributed by atoms with E-state index < -0.39 is 0 Å². The van der Waals surface area contributed by atoms with Gasteiger partial charge in [0.05, 0.1) is 5.39 Å². The fraction of sp³-hybridized carbons (Fsp3) is 0.462. The molecule has 2 aromatic rings. The maximum atomic E-state index is 10.6. The number of anilines is 1. The Morgan fingerprint density at radius 2 is 2.45 bits per heavy atom. The second kappa shape index (κ2) is 5.46. The predicted molar refractivity (Wildman–Crippen MR) is 76.1 cm³/mol. The number of rotatable bonds is 4. The fourth-order valence-corrected chi connectivity index (χ4v) is 2.71. The third-order valence-corrected chi connectivity index (χ3v) is 3.77. The number of piperidine rings is 1. The Bertz CT molecular complexity index is 597. The maximum Gasteiger partial charge on any atom is 0.207 e. The lowest BCUT2D eigenvalue weighted by Gasteiger charge is -2.38. The molecular weight excluding hydrogens is 256 g/mol. The Morgan fingerprint density at radius 3 is 3.30 bits per heavy atom. The highest BCUT2D eigenvalue weighted by atomic mass is 16.1. The van der Waals surface area contributed by atoms with Gasteiger partial charge in [0.1, 0.15) is 12.0 Å². The highest BCUT2D eigenvalue weighted by molar-refractivity contribution is 5.86. The normalized spacial score (nSPS) is 19.9. The molecule has 20 heavy (non-hydrogen) atoms. The zero-order valence-electron chi connectivity index (χ0n) is 11.4. The molecule has 0 aliphatic carbocycles. The van der Waals surface area contributed by atoms with Gasteiger partial charge in [-0.3, -0.25) is 9.80 Å². The molecular formula is C13H18N6O. The first-order chi connectivity index (χ1) is 9.79. The number of carbonyl (C=O) groups excluding carboxylic acids is 1. The smallest absolute Gasteiger partial charge is 0.207 e. The van der Waals surface area contributed by atoms with E-state index in [-0.39, 0.29) is 6.04 Å². The zero-order valence-corrected chi connectivity index (χ0v) is 11.4. The first-order valence-electron chi connectivity index (χ1n) is 6.76. The third kappa shape index (κ3) is 2.32. The number of nitrogens with one attached hydrogen (secondary N) is 2. The second-order valence-electron chi connectivity index (χ2n) is 5.00. The quantitative estimate of drug-likeness (QED) is 0.795. The topological polar surface area (TPSA) is 77.2 Å². The van der Waals surface area contributed by atoms with Gasteiger partial charge in [-0.1, -0.05) is 0 Å². The van der Waals surface area contributed by atoms with Crippen LogP contribution in [0.15, 0.2) is 18.6 Å². The summed E-state index contributed by atoms with van der Waals surface area (Å²) in [6.45, 7) is 1.76. The molecule has 0 aromatic carbocycles. The predicted octanol–water partition coefficient (Wildman–Crippen LogP) is 0.519. The van der Waals surface area contributed by atoms with Crippen molar-refractivity contribution in [2.24, 2.45) is 0 Å². The van der Waals surface area contributed by atoms with E-state index in [0.29, 0.717) is 0 Å². The Balaban J connectivity index is 1.82. The molecule has 1 saturated heterocycles. The summed E-state index contributed by atoms with van der Waals surface area (Å²) in [6, 6.07) is 2.18. The van der Waals surface area contributed by atoms with Crippen LogP contribution in [0.2, 0.25) is 0 Å². The van der Waals surface area contributed by atoms with Gasteiger partial charge < -0.3 is 10.3 Å². The fourth-order valence-electron chi connectivity index (χ4n) is 2.71. The van der Waals surface area contributed by atoms with E-state index in [2.05, 4.69) is 30.3 Å². The molecule has 1 aliphatic heterocycles. The molecule has 1 fully saturated rings. The molecule has 0 bridgehead atoms. The molecule has 3 heterocycles. The van der Waals surface area contributed by atoms with Crippen LogP contribution in [0.3, 0.4) is 0 Å². The number of nitrogens with zero attached hydrogens (tertiary/aromatic N) is 4. The third-order valence-electron chi connectivity index (χ3n) is 3.77. The molecule has 0 spiro atoms. The summed E-state index contributed by atoms with van der Waals surface area (Å²) in [6.07, 6.45) is 6.28. The van der Waals surface area contributed by atoms with E-state index in [1.165, 1.54) is 0 Å². The average molecular weight is 274 g/mol. The van der Waals surface area contributed by atoms with Crippen LogP contribution >= 0.6 is 0 Å². The molecule has 3 rings (SSSR count). The molecule has 0 radical (unpaired) electrons. The van der Waals surface area contributed by atoms with Gasteiger partial charge in [-0.2, -0.15) is 0 Å². The molecule has 2 N–H and O–H groups in total. The number of aromatic amines is 1. The van der Waals surface area contributed by atoms with E-state index in [1.807, 2.05) is 19.3 Å². The molecule has 7 nitrogen and oxygen atoms in total. The van der Waals surface area contributed by atoms with Crippen molar-refractivity contribution < 1.29 is 4.79 Å². The van der Waals surface area contributed by atoms with Crippen molar-refractivity contribution in [3.63, 3.8) is 0 Å². The number of hydrazine groups is 1. The second-order valence-corrected chi connectivity index (χ2v) is 5.00. The first-order valence-corrected chi connectivity index (χ1v) is 6.76. The minimum Gasteiger partial charge on any atom is -0.355 e. The molecule has 7 heteroatoms. The molecule has 1 aliphatic rings. The van der Waals surface area contributed by atoms with Gasteiger partial charge in [-0.25, -0.2) is 15.0 Å². The van der Waals surface area contributed by atoms with Gasteiger partial charge in [-0.15, -0.1) is 0 Å². The zero-order chi connectivity index (χ0) is 13.9. The number of amides is 1. The largest absolute Gasteiger partial charge is 0.355 e. The monoisotopic (exact) mass is 274 g/mol. The van der Waals surface area contributed by atoms with Gasteiger partial charge >= 0.3 is 0 Å². The van der Waals surface area contributed by atoms with Crippen LogP contribution in [-0.4, -0.2) is 52.5 Å². The average Bonchev–Trinajstić information content (AvgIpc) is 2.95. The van der Waals surface area contributed by atoms with Crippen molar-refractivity contribution in [3.8, 4) is 0 Å². The lowest BCUT2D eigenvalue weighted by atomic mass is 10.1. The number of hydrogen-bond donors (Lipinski definition) is 2. The van der Waals surface area contributed by atoms with Crippen LogP contribution in [0.5, 0.6) is 0 Å². The number of fused-ring (bicyclic) bond motifs is 1. The number of carbonyl (C=O) groups is 1. The molecule has 1 unspecified atom stereocenters. The summed E-state index contributed by atoms with van der Waals surface area (Å²) >= 11 is 0. The van der Waals surface area contributed by atoms with E-state index in [0.717, 1.165) is 49.2 Å². The molecule has 1 amide bonds. The molecule has 106 valence electrons.